The molecule has 0 aliphatic heterocycles. The molecule has 4 heteroatoms. The molecule has 4 nitrogen and oxygen atoms in total. The van der Waals surface area contributed by atoms with Crippen LogP contribution >= 0.6 is 0 Å². The molecule has 0 saturated carbocycles. The van der Waals surface area contributed by atoms with E-state index in [1.165, 1.54) is 11.1 Å². The van der Waals surface area contributed by atoms with Crippen LogP contribution in [0.25, 0.3) is 0 Å². The van der Waals surface area contributed by atoms with Crippen molar-refractivity contribution in [1.29, 1.82) is 0 Å². The highest BCUT2D eigenvalue weighted by Gasteiger charge is 2.05. The van der Waals surface area contributed by atoms with Gasteiger partial charge in [-0.15, -0.1) is 0 Å². The first-order valence-electron chi connectivity index (χ1n) is 6.31. The maximum absolute atomic E-state index is 5.48. The lowest BCUT2D eigenvalue weighted by Crippen LogP contribution is -2.09. The summed E-state index contributed by atoms with van der Waals surface area (Å²) >= 11 is 0. The quantitative estimate of drug-likeness (QED) is 0.681. The van der Waals surface area contributed by atoms with Gasteiger partial charge >= 0.3 is 0 Å². The van der Waals surface area contributed by atoms with Crippen LogP contribution in [0.2, 0.25) is 0 Å². The highest BCUT2D eigenvalue weighted by Crippen LogP contribution is 2.16. The molecule has 18 heavy (non-hydrogen) atoms. The Kier molecular flexibility index (Phi) is 4.36. The van der Waals surface area contributed by atoms with Gasteiger partial charge in [0.2, 0.25) is 0 Å². The van der Waals surface area contributed by atoms with E-state index in [0.29, 0.717) is 6.54 Å². The van der Waals surface area contributed by atoms with Crippen LogP contribution in [0.15, 0.2) is 30.5 Å². The van der Waals surface area contributed by atoms with E-state index in [1.54, 1.807) is 0 Å². The molecule has 1 aromatic heterocycles. The fraction of sp³-hybridized carbons (Fsp3) is 0.357. The zero-order valence-corrected chi connectivity index (χ0v) is 10.7. The number of aryl methyl sites for hydroxylation is 1. The van der Waals surface area contributed by atoms with Gasteiger partial charge in [0.05, 0.1) is 17.6 Å². The zero-order chi connectivity index (χ0) is 12.8. The van der Waals surface area contributed by atoms with Gasteiger partial charge in [0.25, 0.3) is 0 Å². The zero-order valence-electron chi connectivity index (χ0n) is 10.7. The van der Waals surface area contributed by atoms with Gasteiger partial charge < -0.3 is 11.1 Å². The molecule has 0 amide bonds. The Morgan fingerprint density at radius 2 is 2.06 bits per heavy atom. The molecule has 0 atom stereocenters. The number of nitrogens with zero attached hydrogens (tertiary/aromatic N) is 1. The predicted octanol–water partition coefficient (Wildman–Crippen LogP) is 2.07. The average Bonchev–Trinajstić information content (AvgIpc) is 2.80. The highest BCUT2D eigenvalue weighted by atomic mass is 15.1. The first-order valence-corrected chi connectivity index (χ1v) is 6.31. The van der Waals surface area contributed by atoms with Crippen LogP contribution in [0, 0.1) is 6.92 Å². The van der Waals surface area contributed by atoms with Gasteiger partial charge in [-0.05, 0) is 25.5 Å². The second kappa shape index (κ2) is 6.21. The Morgan fingerprint density at radius 3 is 2.78 bits per heavy atom. The van der Waals surface area contributed by atoms with Gasteiger partial charge in [0.15, 0.2) is 0 Å². The van der Waals surface area contributed by atoms with Crippen molar-refractivity contribution in [1.82, 2.24) is 10.2 Å². The molecule has 0 unspecified atom stereocenters. The summed E-state index contributed by atoms with van der Waals surface area (Å²) in [4.78, 5) is 0. The van der Waals surface area contributed by atoms with E-state index in [0.717, 1.165) is 30.8 Å². The van der Waals surface area contributed by atoms with Crippen LogP contribution in [0.5, 0.6) is 0 Å². The van der Waals surface area contributed by atoms with E-state index in [-0.39, 0.29) is 0 Å². The minimum absolute atomic E-state index is 0.706. The number of benzene rings is 1. The number of nitrogens with two attached hydrogens (primary N) is 1. The second-order valence-corrected chi connectivity index (χ2v) is 4.49. The van der Waals surface area contributed by atoms with Crippen molar-refractivity contribution < 1.29 is 0 Å². The molecule has 0 spiro atoms. The van der Waals surface area contributed by atoms with Gasteiger partial charge in [0.1, 0.15) is 0 Å². The number of hydrogen-bond acceptors (Lipinski definition) is 3. The maximum atomic E-state index is 5.48. The molecule has 1 heterocycles. The first-order chi connectivity index (χ1) is 8.79. The Labute approximate surface area is 108 Å². The van der Waals surface area contributed by atoms with Crippen LogP contribution in [-0.4, -0.2) is 23.3 Å². The molecule has 0 aliphatic carbocycles. The SMILES string of the molecule is Cc1ccc(Cc2[nH]ncc2NCCCN)cc1. The summed E-state index contributed by atoms with van der Waals surface area (Å²) in [6.45, 7) is 3.69. The van der Waals surface area contributed by atoms with Crippen LogP contribution in [0.1, 0.15) is 23.2 Å². The Hall–Kier alpha value is -1.81. The van der Waals surface area contributed by atoms with Crippen LogP contribution in [0.3, 0.4) is 0 Å². The summed E-state index contributed by atoms with van der Waals surface area (Å²) < 4.78 is 0. The molecule has 0 fully saturated rings. The summed E-state index contributed by atoms with van der Waals surface area (Å²) in [5.74, 6) is 0. The Balaban J connectivity index is 2.00. The number of aromatic amines is 1. The van der Waals surface area contributed by atoms with Gasteiger partial charge in [-0.3, -0.25) is 5.10 Å². The lowest BCUT2D eigenvalue weighted by molar-refractivity contribution is 0.872. The summed E-state index contributed by atoms with van der Waals surface area (Å²) in [5, 5.41) is 10.5. The monoisotopic (exact) mass is 244 g/mol. The highest BCUT2D eigenvalue weighted by molar-refractivity contribution is 5.47. The van der Waals surface area contributed by atoms with Crippen LogP contribution in [-0.2, 0) is 6.42 Å². The number of H-pyrrole nitrogens is 1. The van der Waals surface area contributed by atoms with Crippen molar-refractivity contribution in [3.8, 4) is 0 Å². The Morgan fingerprint density at radius 1 is 1.28 bits per heavy atom. The van der Waals surface area contributed by atoms with E-state index in [4.69, 9.17) is 5.73 Å². The van der Waals surface area contributed by atoms with Crippen molar-refractivity contribution in [3.63, 3.8) is 0 Å². The van der Waals surface area contributed by atoms with Gasteiger partial charge in [-0.25, -0.2) is 0 Å². The number of aromatic nitrogens is 2. The van der Waals surface area contributed by atoms with Crippen LogP contribution in [0.4, 0.5) is 5.69 Å². The maximum Gasteiger partial charge on any atom is 0.0759 e. The van der Waals surface area contributed by atoms with Gasteiger partial charge in [-0.2, -0.15) is 5.10 Å². The fourth-order valence-electron chi connectivity index (χ4n) is 1.84. The number of rotatable bonds is 6. The van der Waals surface area contributed by atoms with Crippen molar-refractivity contribution >= 4 is 5.69 Å². The van der Waals surface area contributed by atoms with E-state index >= 15 is 0 Å². The molecule has 4 N–H and O–H groups in total. The smallest absolute Gasteiger partial charge is 0.0759 e. The lowest BCUT2D eigenvalue weighted by Gasteiger charge is -2.06. The average molecular weight is 244 g/mol. The van der Waals surface area contributed by atoms with Crippen molar-refractivity contribution in [2.24, 2.45) is 5.73 Å². The molecular formula is C14H20N4. The minimum Gasteiger partial charge on any atom is -0.382 e. The van der Waals surface area contributed by atoms with E-state index in [1.807, 2.05) is 6.20 Å². The number of hydrogen-bond donors (Lipinski definition) is 3. The molecular weight excluding hydrogens is 224 g/mol. The summed E-state index contributed by atoms with van der Waals surface area (Å²) in [6.07, 6.45) is 3.67. The van der Waals surface area contributed by atoms with Crippen LogP contribution < -0.4 is 11.1 Å². The molecule has 1 aromatic carbocycles. The lowest BCUT2D eigenvalue weighted by atomic mass is 10.1. The molecule has 0 radical (unpaired) electrons. The normalized spacial score (nSPS) is 10.6. The molecule has 2 aromatic rings. The van der Waals surface area contributed by atoms with Gasteiger partial charge in [-0.1, -0.05) is 29.8 Å². The largest absolute Gasteiger partial charge is 0.382 e. The van der Waals surface area contributed by atoms with Crippen molar-refractivity contribution in [2.45, 2.75) is 19.8 Å². The summed E-state index contributed by atoms with van der Waals surface area (Å²) in [6, 6.07) is 8.57. The van der Waals surface area contributed by atoms with E-state index in [9.17, 15) is 0 Å². The molecule has 2 rings (SSSR count). The fourth-order valence-corrected chi connectivity index (χ4v) is 1.84. The van der Waals surface area contributed by atoms with Crippen molar-refractivity contribution in [2.75, 3.05) is 18.4 Å². The standard InChI is InChI=1S/C14H20N4/c1-11-3-5-12(6-4-11)9-13-14(10-17-18-13)16-8-2-7-15/h3-6,10,16H,2,7-9,15H2,1H3,(H,17,18). The van der Waals surface area contributed by atoms with E-state index in [2.05, 4.69) is 46.7 Å². The van der Waals surface area contributed by atoms with Crippen molar-refractivity contribution in [3.05, 3.63) is 47.3 Å². The third-order valence-corrected chi connectivity index (χ3v) is 2.92. The summed E-state index contributed by atoms with van der Waals surface area (Å²) in [5.41, 5.74) is 10.2. The van der Waals surface area contributed by atoms with Gasteiger partial charge in [0, 0.05) is 13.0 Å². The third kappa shape index (κ3) is 3.34. The topological polar surface area (TPSA) is 66.7 Å². The van der Waals surface area contributed by atoms with E-state index < -0.39 is 0 Å². The molecule has 0 aliphatic rings. The number of nitrogens with one attached hydrogen (secondary N) is 2. The second-order valence-electron chi connectivity index (χ2n) is 4.49. The predicted molar refractivity (Wildman–Crippen MR) is 74.7 cm³/mol. The molecule has 96 valence electrons. The minimum atomic E-state index is 0.706. The number of anilines is 1. The Bertz CT molecular complexity index is 473. The molecule has 0 bridgehead atoms. The third-order valence-electron chi connectivity index (χ3n) is 2.92. The first kappa shape index (κ1) is 12.6. The summed E-state index contributed by atoms with van der Waals surface area (Å²) in [7, 11) is 0. The molecule has 0 saturated heterocycles.